The zero-order valence-electron chi connectivity index (χ0n) is 14.8. The van der Waals surface area contributed by atoms with Gasteiger partial charge in [0.05, 0.1) is 31.6 Å². The van der Waals surface area contributed by atoms with Crippen LogP contribution in [0.3, 0.4) is 0 Å². The Morgan fingerprint density at radius 1 is 1.20 bits per heavy atom. The summed E-state index contributed by atoms with van der Waals surface area (Å²) in [6.45, 7) is 4.41. The van der Waals surface area contributed by atoms with Crippen LogP contribution in [0.25, 0.3) is 0 Å². The van der Waals surface area contributed by atoms with Gasteiger partial charge in [-0.05, 0) is 44.2 Å². The second-order valence-electron chi connectivity index (χ2n) is 7.38. The van der Waals surface area contributed by atoms with E-state index in [-0.39, 0.29) is 24.7 Å². The van der Waals surface area contributed by atoms with Gasteiger partial charge in [0.25, 0.3) is 0 Å². The van der Waals surface area contributed by atoms with Crippen LogP contribution in [-0.4, -0.2) is 66.8 Å². The Bertz CT molecular complexity index is 556. The molecule has 4 heterocycles. The Morgan fingerprint density at radius 3 is 2.88 bits per heavy atom. The largest absolute Gasteiger partial charge is 0.468 e. The van der Waals surface area contributed by atoms with E-state index in [1.165, 1.54) is 0 Å². The van der Waals surface area contributed by atoms with Gasteiger partial charge in [-0.2, -0.15) is 0 Å². The van der Waals surface area contributed by atoms with Crippen LogP contribution >= 0.6 is 0 Å². The topological polar surface area (TPSA) is 55.1 Å². The minimum absolute atomic E-state index is 0.121. The van der Waals surface area contributed by atoms with Crippen LogP contribution in [0.2, 0.25) is 0 Å². The Hall–Kier alpha value is -1.37. The second kappa shape index (κ2) is 7.89. The summed E-state index contributed by atoms with van der Waals surface area (Å²) < 4.78 is 17.4. The fourth-order valence-corrected chi connectivity index (χ4v) is 4.34. The number of likely N-dealkylation sites (tertiary alicyclic amines) is 2. The standard InChI is InChI=1S/C19H28N2O4/c22-19(20-8-1-2-9-20)14-23-13-16-5-6-17-18(25-16)7-10-21(17)12-15-4-3-11-24-15/h3-4,11,16-18H,1-2,5-10,12-14H2/t16-,17-,18-/m0/s1. The van der Waals surface area contributed by atoms with Crippen molar-refractivity contribution >= 4 is 5.91 Å². The van der Waals surface area contributed by atoms with E-state index in [0.29, 0.717) is 12.6 Å². The van der Waals surface area contributed by atoms with E-state index in [0.717, 1.165) is 64.0 Å². The first-order valence-electron chi connectivity index (χ1n) is 9.57. The van der Waals surface area contributed by atoms with Crippen LogP contribution in [0.5, 0.6) is 0 Å². The summed E-state index contributed by atoms with van der Waals surface area (Å²) in [5.74, 6) is 1.14. The van der Waals surface area contributed by atoms with Gasteiger partial charge >= 0.3 is 0 Å². The molecule has 0 spiro atoms. The highest BCUT2D eigenvalue weighted by molar-refractivity contribution is 5.77. The summed E-state index contributed by atoms with van der Waals surface area (Å²) in [4.78, 5) is 16.4. The SMILES string of the molecule is O=C(COC[C@@H]1CC[C@H]2[C@H](CCN2Cc2ccco2)O1)N1CCCC1. The number of furan rings is 1. The van der Waals surface area contributed by atoms with Crippen molar-refractivity contribution in [1.29, 1.82) is 0 Å². The highest BCUT2D eigenvalue weighted by Crippen LogP contribution is 2.32. The molecule has 3 atom stereocenters. The van der Waals surface area contributed by atoms with Crippen molar-refractivity contribution in [3.8, 4) is 0 Å². The maximum Gasteiger partial charge on any atom is 0.248 e. The van der Waals surface area contributed by atoms with Gasteiger partial charge in [-0.1, -0.05) is 0 Å². The van der Waals surface area contributed by atoms with Gasteiger partial charge in [-0.3, -0.25) is 9.69 Å². The molecule has 6 heteroatoms. The van der Waals surface area contributed by atoms with Crippen LogP contribution in [0, 0.1) is 0 Å². The highest BCUT2D eigenvalue weighted by atomic mass is 16.5. The molecule has 0 unspecified atom stereocenters. The predicted octanol–water partition coefficient (Wildman–Crippen LogP) is 2.04. The van der Waals surface area contributed by atoms with Crippen LogP contribution < -0.4 is 0 Å². The van der Waals surface area contributed by atoms with Crippen molar-refractivity contribution in [2.24, 2.45) is 0 Å². The molecule has 0 saturated carbocycles. The quantitative estimate of drug-likeness (QED) is 0.787. The molecule has 3 aliphatic heterocycles. The summed E-state index contributed by atoms with van der Waals surface area (Å²) in [5.41, 5.74) is 0. The Balaban J connectivity index is 1.19. The minimum Gasteiger partial charge on any atom is -0.468 e. The number of ether oxygens (including phenoxy) is 2. The average molecular weight is 348 g/mol. The Kier molecular flexibility index (Phi) is 5.39. The molecule has 138 valence electrons. The van der Waals surface area contributed by atoms with Crippen LogP contribution in [0.15, 0.2) is 22.8 Å². The van der Waals surface area contributed by atoms with E-state index < -0.39 is 0 Å². The normalized spacial score (nSPS) is 29.9. The fourth-order valence-electron chi connectivity index (χ4n) is 4.34. The van der Waals surface area contributed by atoms with Crippen LogP contribution in [0.4, 0.5) is 0 Å². The summed E-state index contributed by atoms with van der Waals surface area (Å²) in [6.07, 6.45) is 7.56. The van der Waals surface area contributed by atoms with Gasteiger partial charge in [0.2, 0.25) is 5.91 Å². The molecule has 3 fully saturated rings. The lowest BCUT2D eigenvalue weighted by Gasteiger charge is -2.35. The zero-order valence-corrected chi connectivity index (χ0v) is 14.8. The Morgan fingerprint density at radius 2 is 2.08 bits per heavy atom. The average Bonchev–Trinajstić information content (AvgIpc) is 3.37. The van der Waals surface area contributed by atoms with E-state index in [4.69, 9.17) is 13.9 Å². The summed E-state index contributed by atoms with van der Waals surface area (Å²) in [6, 6.07) is 4.45. The molecule has 0 N–H and O–H groups in total. The molecule has 1 aromatic rings. The second-order valence-corrected chi connectivity index (χ2v) is 7.38. The third kappa shape index (κ3) is 4.07. The van der Waals surface area contributed by atoms with Crippen molar-refractivity contribution in [2.45, 2.75) is 56.9 Å². The molecule has 4 rings (SSSR count). The number of amides is 1. The minimum atomic E-state index is 0.121. The lowest BCUT2D eigenvalue weighted by Crippen LogP contribution is -2.43. The van der Waals surface area contributed by atoms with Gasteiger partial charge in [0, 0.05) is 25.7 Å². The number of nitrogens with zero attached hydrogens (tertiary/aromatic N) is 2. The van der Waals surface area contributed by atoms with Crippen LogP contribution in [-0.2, 0) is 20.8 Å². The van der Waals surface area contributed by atoms with Crippen molar-refractivity contribution < 1.29 is 18.7 Å². The maximum absolute atomic E-state index is 12.0. The molecule has 0 aromatic carbocycles. The van der Waals surface area contributed by atoms with Gasteiger partial charge in [-0.15, -0.1) is 0 Å². The van der Waals surface area contributed by atoms with E-state index in [2.05, 4.69) is 4.90 Å². The van der Waals surface area contributed by atoms with E-state index in [1.807, 2.05) is 17.0 Å². The van der Waals surface area contributed by atoms with E-state index >= 15 is 0 Å². The van der Waals surface area contributed by atoms with E-state index in [9.17, 15) is 4.79 Å². The van der Waals surface area contributed by atoms with Gasteiger partial charge in [0.1, 0.15) is 12.4 Å². The summed E-state index contributed by atoms with van der Waals surface area (Å²) in [7, 11) is 0. The van der Waals surface area contributed by atoms with Crippen molar-refractivity contribution in [2.75, 3.05) is 32.8 Å². The number of rotatable bonds is 6. The van der Waals surface area contributed by atoms with Gasteiger partial charge in [-0.25, -0.2) is 0 Å². The van der Waals surface area contributed by atoms with Crippen molar-refractivity contribution in [3.05, 3.63) is 24.2 Å². The molecular formula is C19H28N2O4. The first-order chi connectivity index (χ1) is 12.3. The highest BCUT2D eigenvalue weighted by Gasteiger charge is 2.40. The third-order valence-electron chi connectivity index (χ3n) is 5.68. The Labute approximate surface area is 149 Å². The molecule has 3 saturated heterocycles. The molecule has 0 aliphatic carbocycles. The summed E-state index contributed by atoms with van der Waals surface area (Å²) in [5, 5.41) is 0. The number of carbonyl (C=O) groups excluding carboxylic acids is 1. The van der Waals surface area contributed by atoms with Crippen molar-refractivity contribution in [3.63, 3.8) is 0 Å². The molecule has 1 amide bonds. The molecule has 25 heavy (non-hydrogen) atoms. The van der Waals surface area contributed by atoms with Gasteiger partial charge < -0.3 is 18.8 Å². The van der Waals surface area contributed by atoms with Gasteiger partial charge in [0.15, 0.2) is 0 Å². The zero-order chi connectivity index (χ0) is 17.1. The smallest absolute Gasteiger partial charge is 0.248 e. The lowest BCUT2D eigenvalue weighted by molar-refractivity contribution is -0.139. The predicted molar refractivity (Wildman–Crippen MR) is 92.1 cm³/mol. The number of carbonyl (C=O) groups is 1. The molecule has 0 radical (unpaired) electrons. The van der Waals surface area contributed by atoms with Crippen molar-refractivity contribution in [1.82, 2.24) is 9.80 Å². The molecule has 1 aromatic heterocycles. The number of hydrogen-bond donors (Lipinski definition) is 0. The van der Waals surface area contributed by atoms with E-state index in [1.54, 1.807) is 6.26 Å². The molecular weight excluding hydrogens is 320 g/mol. The first-order valence-corrected chi connectivity index (χ1v) is 9.57. The fraction of sp³-hybridized carbons (Fsp3) is 0.737. The lowest BCUT2D eigenvalue weighted by atomic mass is 9.99. The van der Waals surface area contributed by atoms with Crippen LogP contribution in [0.1, 0.15) is 37.9 Å². The number of fused-ring (bicyclic) bond motifs is 1. The third-order valence-corrected chi connectivity index (χ3v) is 5.68. The monoisotopic (exact) mass is 348 g/mol. The summed E-state index contributed by atoms with van der Waals surface area (Å²) >= 11 is 0. The molecule has 6 nitrogen and oxygen atoms in total. The first kappa shape index (κ1) is 17.1. The maximum atomic E-state index is 12.0. The number of hydrogen-bond acceptors (Lipinski definition) is 5. The molecule has 3 aliphatic rings. The molecule has 0 bridgehead atoms.